The number of ether oxygens (including phenoxy) is 1. The Kier molecular flexibility index (Phi) is 6.64. The lowest BCUT2D eigenvalue weighted by molar-refractivity contribution is 0.111. The first-order valence-corrected chi connectivity index (χ1v) is 7.99. The van der Waals surface area contributed by atoms with Crippen LogP contribution in [0.25, 0.3) is 10.9 Å². The van der Waals surface area contributed by atoms with Crippen LogP contribution in [0.3, 0.4) is 0 Å². The third-order valence-electron chi connectivity index (χ3n) is 3.46. The van der Waals surface area contributed by atoms with Crippen molar-refractivity contribution in [1.29, 1.82) is 0 Å². The van der Waals surface area contributed by atoms with Crippen LogP contribution in [-0.2, 0) is 11.2 Å². The zero-order valence-electron chi connectivity index (χ0n) is 13.1. The van der Waals surface area contributed by atoms with Gasteiger partial charge in [0.1, 0.15) is 0 Å². The van der Waals surface area contributed by atoms with Gasteiger partial charge in [0.15, 0.2) is 0 Å². The summed E-state index contributed by atoms with van der Waals surface area (Å²) in [5.41, 5.74) is 2.20. The Hall–Kier alpha value is -1.45. The Morgan fingerprint density at radius 3 is 2.76 bits per heavy atom. The van der Waals surface area contributed by atoms with E-state index in [1.54, 1.807) is 0 Å². The summed E-state index contributed by atoms with van der Waals surface area (Å²) >= 11 is 0. The molecule has 0 amide bonds. The van der Waals surface area contributed by atoms with Crippen molar-refractivity contribution in [2.45, 2.75) is 39.2 Å². The third-order valence-corrected chi connectivity index (χ3v) is 3.46. The number of benzene rings is 1. The van der Waals surface area contributed by atoms with E-state index in [0.29, 0.717) is 6.04 Å². The molecular weight excluding hydrogens is 260 g/mol. The molecular formula is C18H26N2O. The van der Waals surface area contributed by atoms with E-state index in [2.05, 4.69) is 43.4 Å². The summed E-state index contributed by atoms with van der Waals surface area (Å²) in [5, 5.41) is 4.76. The van der Waals surface area contributed by atoms with Crippen LogP contribution in [0.4, 0.5) is 0 Å². The molecule has 2 aromatic rings. The third kappa shape index (κ3) is 5.10. The number of aromatic nitrogens is 1. The number of hydrogen-bond acceptors (Lipinski definition) is 3. The lowest BCUT2D eigenvalue weighted by atomic mass is 10.1. The Morgan fingerprint density at radius 2 is 1.95 bits per heavy atom. The summed E-state index contributed by atoms with van der Waals surface area (Å²) in [4.78, 5) is 4.76. The molecule has 0 spiro atoms. The molecule has 114 valence electrons. The van der Waals surface area contributed by atoms with Crippen LogP contribution in [0.1, 0.15) is 32.4 Å². The maximum Gasteiger partial charge on any atom is 0.0705 e. The molecule has 3 heteroatoms. The Labute approximate surface area is 127 Å². The molecule has 1 N–H and O–H groups in total. The first-order valence-electron chi connectivity index (χ1n) is 7.99. The van der Waals surface area contributed by atoms with Crippen molar-refractivity contribution in [3.05, 3.63) is 42.1 Å². The maximum absolute atomic E-state index is 5.71. The van der Waals surface area contributed by atoms with E-state index in [4.69, 9.17) is 9.72 Å². The van der Waals surface area contributed by atoms with Crippen LogP contribution in [-0.4, -0.2) is 30.8 Å². The van der Waals surface area contributed by atoms with Crippen LogP contribution in [0.5, 0.6) is 0 Å². The van der Waals surface area contributed by atoms with Crippen molar-refractivity contribution in [2.75, 3.05) is 19.8 Å². The molecule has 0 aliphatic heterocycles. The molecule has 1 unspecified atom stereocenters. The molecule has 0 fully saturated rings. The average molecular weight is 286 g/mol. The van der Waals surface area contributed by atoms with E-state index in [0.717, 1.165) is 50.2 Å². The summed E-state index contributed by atoms with van der Waals surface area (Å²) in [6, 6.07) is 12.9. The summed E-state index contributed by atoms with van der Waals surface area (Å²) in [7, 11) is 0. The molecule has 1 aromatic heterocycles. The highest BCUT2D eigenvalue weighted by Gasteiger charge is 2.10. The summed E-state index contributed by atoms with van der Waals surface area (Å²) in [6.07, 6.45) is 3.11. The number of para-hydroxylation sites is 1. The summed E-state index contributed by atoms with van der Waals surface area (Å²) in [6.45, 7) is 6.93. The molecule has 3 nitrogen and oxygen atoms in total. The molecule has 0 aliphatic carbocycles. The molecule has 0 aliphatic rings. The van der Waals surface area contributed by atoms with Gasteiger partial charge in [-0.3, -0.25) is 4.98 Å². The van der Waals surface area contributed by atoms with Gasteiger partial charge < -0.3 is 10.1 Å². The second kappa shape index (κ2) is 8.75. The van der Waals surface area contributed by atoms with E-state index in [1.807, 2.05) is 12.1 Å². The first-order chi connectivity index (χ1) is 10.3. The quantitative estimate of drug-likeness (QED) is 0.716. The summed E-state index contributed by atoms with van der Waals surface area (Å²) in [5.74, 6) is 0. The second-order valence-electron chi connectivity index (χ2n) is 5.43. The van der Waals surface area contributed by atoms with E-state index in [9.17, 15) is 0 Å². The highest BCUT2D eigenvalue weighted by Crippen LogP contribution is 2.13. The number of pyridine rings is 1. The predicted molar refractivity (Wildman–Crippen MR) is 88.6 cm³/mol. The number of nitrogens with zero attached hydrogens (tertiary/aromatic N) is 1. The minimum Gasteiger partial charge on any atom is -0.380 e. The minimum atomic E-state index is 0.338. The van der Waals surface area contributed by atoms with Crippen molar-refractivity contribution < 1.29 is 4.74 Å². The molecule has 21 heavy (non-hydrogen) atoms. The molecule has 1 atom stereocenters. The van der Waals surface area contributed by atoms with Gasteiger partial charge in [-0.25, -0.2) is 0 Å². The van der Waals surface area contributed by atoms with Gasteiger partial charge >= 0.3 is 0 Å². The topological polar surface area (TPSA) is 34.1 Å². The largest absolute Gasteiger partial charge is 0.380 e. The van der Waals surface area contributed by atoms with Gasteiger partial charge in [-0.05, 0) is 31.5 Å². The zero-order chi connectivity index (χ0) is 14.9. The maximum atomic E-state index is 5.71. The van der Waals surface area contributed by atoms with E-state index >= 15 is 0 Å². The lowest BCUT2D eigenvalue weighted by Crippen LogP contribution is -2.36. The molecule has 1 heterocycles. The fraction of sp³-hybridized carbons (Fsp3) is 0.500. The Bertz CT molecular complexity index is 541. The van der Waals surface area contributed by atoms with E-state index in [1.165, 1.54) is 5.39 Å². The van der Waals surface area contributed by atoms with Crippen molar-refractivity contribution >= 4 is 10.9 Å². The first kappa shape index (κ1) is 15.9. The normalized spacial score (nSPS) is 12.7. The number of fused-ring (bicyclic) bond motifs is 1. The standard InChI is InChI=1S/C18H26N2O/c1-3-11-19-17(14-21-12-4-2)13-16-10-9-15-7-5-6-8-18(15)20-16/h5-10,17,19H,3-4,11-14H2,1-2H3. The van der Waals surface area contributed by atoms with Crippen LogP contribution in [0.2, 0.25) is 0 Å². The highest BCUT2D eigenvalue weighted by atomic mass is 16.5. The predicted octanol–water partition coefficient (Wildman–Crippen LogP) is 3.57. The molecule has 0 saturated carbocycles. The van der Waals surface area contributed by atoms with Gasteiger partial charge in [-0.15, -0.1) is 0 Å². The molecule has 2 rings (SSSR count). The van der Waals surface area contributed by atoms with E-state index in [-0.39, 0.29) is 0 Å². The van der Waals surface area contributed by atoms with Gasteiger partial charge in [0.2, 0.25) is 0 Å². The molecule has 0 saturated heterocycles. The molecule has 0 bridgehead atoms. The van der Waals surface area contributed by atoms with Crippen LogP contribution >= 0.6 is 0 Å². The van der Waals surface area contributed by atoms with Gasteiger partial charge in [0.25, 0.3) is 0 Å². The van der Waals surface area contributed by atoms with Crippen LogP contribution in [0, 0.1) is 0 Å². The van der Waals surface area contributed by atoms with Gasteiger partial charge in [-0.2, -0.15) is 0 Å². The van der Waals surface area contributed by atoms with Crippen molar-refractivity contribution in [1.82, 2.24) is 10.3 Å². The number of hydrogen-bond donors (Lipinski definition) is 1. The molecule has 0 radical (unpaired) electrons. The molecule has 1 aromatic carbocycles. The van der Waals surface area contributed by atoms with Crippen molar-refractivity contribution in [2.24, 2.45) is 0 Å². The van der Waals surface area contributed by atoms with Crippen molar-refractivity contribution in [3.8, 4) is 0 Å². The fourth-order valence-corrected chi connectivity index (χ4v) is 2.38. The number of rotatable bonds is 9. The number of nitrogens with one attached hydrogen (secondary N) is 1. The Morgan fingerprint density at radius 1 is 1.10 bits per heavy atom. The Balaban J connectivity index is 2.01. The fourth-order valence-electron chi connectivity index (χ4n) is 2.38. The van der Waals surface area contributed by atoms with Crippen LogP contribution in [0.15, 0.2) is 36.4 Å². The second-order valence-corrected chi connectivity index (χ2v) is 5.43. The van der Waals surface area contributed by atoms with Gasteiger partial charge in [-0.1, -0.05) is 38.1 Å². The lowest BCUT2D eigenvalue weighted by Gasteiger charge is -2.18. The zero-order valence-corrected chi connectivity index (χ0v) is 13.1. The van der Waals surface area contributed by atoms with Gasteiger partial charge in [0.05, 0.1) is 12.1 Å². The monoisotopic (exact) mass is 286 g/mol. The SMILES string of the molecule is CCCNC(COCCC)Cc1ccc2ccccc2n1. The van der Waals surface area contributed by atoms with Crippen LogP contribution < -0.4 is 5.32 Å². The smallest absolute Gasteiger partial charge is 0.0705 e. The highest BCUT2D eigenvalue weighted by molar-refractivity contribution is 5.78. The minimum absolute atomic E-state index is 0.338. The van der Waals surface area contributed by atoms with E-state index < -0.39 is 0 Å². The summed E-state index contributed by atoms with van der Waals surface area (Å²) < 4.78 is 5.71. The van der Waals surface area contributed by atoms with Gasteiger partial charge in [0, 0.05) is 30.1 Å². The van der Waals surface area contributed by atoms with Crippen molar-refractivity contribution in [3.63, 3.8) is 0 Å². The average Bonchev–Trinajstić information content (AvgIpc) is 2.52.